The quantitative estimate of drug-likeness (QED) is 0.512. The zero-order chi connectivity index (χ0) is 12.8. The Kier molecular flexibility index (Phi) is 5.97. The summed E-state index contributed by atoms with van der Waals surface area (Å²) in [5, 5.41) is 8.68. The van der Waals surface area contributed by atoms with Gasteiger partial charge < -0.3 is 10.8 Å². The molecule has 94 valence electrons. The van der Waals surface area contributed by atoms with Gasteiger partial charge in [-0.05, 0) is 6.42 Å². The molecule has 0 radical (unpaired) electrons. The molecule has 0 spiro atoms. The van der Waals surface area contributed by atoms with Crippen LogP contribution in [0.2, 0.25) is 0 Å². The van der Waals surface area contributed by atoms with Gasteiger partial charge in [0.05, 0.1) is 12.2 Å². The first-order valence-corrected chi connectivity index (χ1v) is 6.45. The largest absolute Gasteiger partial charge is 0.480 e. The number of amides is 1. The van der Waals surface area contributed by atoms with Gasteiger partial charge in [0.2, 0.25) is 15.9 Å². The maximum absolute atomic E-state index is 11.4. The first-order chi connectivity index (χ1) is 7.28. The highest BCUT2D eigenvalue weighted by Crippen LogP contribution is 1.99. The van der Waals surface area contributed by atoms with Crippen molar-refractivity contribution < 1.29 is 23.1 Å². The minimum atomic E-state index is -3.67. The molecule has 0 aromatic carbocycles. The van der Waals surface area contributed by atoms with Gasteiger partial charge in [-0.3, -0.25) is 9.59 Å². The Bertz CT molecular complexity index is 351. The van der Waals surface area contributed by atoms with Gasteiger partial charge in [0, 0.05) is 0 Å². The molecule has 0 aliphatic carbocycles. The first-order valence-electron chi connectivity index (χ1n) is 4.79. The number of carbonyl (C=O) groups excluding carboxylic acids is 1. The van der Waals surface area contributed by atoms with Crippen molar-refractivity contribution in [3.63, 3.8) is 0 Å². The van der Waals surface area contributed by atoms with E-state index in [1.165, 1.54) is 0 Å². The Morgan fingerprint density at radius 3 is 2.38 bits per heavy atom. The van der Waals surface area contributed by atoms with E-state index >= 15 is 0 Å². The van der Waals surface area contributed by atoms with E-state index in [4.69, 9.17) is 10.8 Å². The lowest BCUT2D eigenvalue weighted by molar-refractivity contribution is -0.140. The third kappa shape index (κ3) is 6.36. The van der Waals surface area contributed by atoms with E-state index < -0.39 is 34.4 Å². The number of nitrogens with one attached hydrogen (secondary N) is 1. The third-order valence-corrected chi connectivity index (χ3v) is 3.26. The summed E-state index contributed by atoms with van der Waals surface area (Å²) in [5.41, 5.74) is 4.81. The molecule has 0 fully saturated rings. The molecule has 0 aromatic rings. The number of rotatable bonds is 8. The molecule has 4 N–H and O–H groups in total. The molecular formula is C8H16N2O5S. The molecule has 1 amide bonds. The van der Waals surface area contributed by atoms with Gasteiger partial charge in [-0.25, -0.2) is 13.1 Å². The van der Waals surface area contributed by atoms with Crippen molar-refractivity contribution in [1.29, 1.82) is 0 Å². The van der Waals surface area contributed by atoms with Crippen molar-refractivity contribution in [2.75, 3.05) is 5.75 Å². The normalized spacial score (nSPS) is 13.3. The van der Waals surface area contributed by atoms with E-state index in [0.717, 1.165) is 0 Å². The summed E-state index contributed by atoms with van der Waals surface area (Å²) in [7, 11) is -3.67. The topological polar surface area (TPSA) is 127 Å². The summed E-state index contributed by atoms with van der Waals surface area (Å²) in [6.45, 7) is 1.81. The number of hydrogen-bond donors (Lipinski definition) is 3. The number of aliphatic carboxylic acids is 1. The highest BCUT2D eigenvalue weighted by Gasteiger charge is 2.25. The van der Waals surface area contributed by atoms with Gasteiger partial charge in [-0.15, -0.1) is 0 Å². The van der Waals surface area contributed by atoms with Gasteiger partial charge in [0.15, 0.2) is 0 Å². The highest BCUT2D eigenvalue weighted by molar-refractivity contribution is 7.89. The second-order valence-corrected chi connectivity index (χ2v) is 5.22. The van der Waals surface area contributed by atoms with Crippen LogP contribution in [0.1, 0.15) is 26.2 Å². The van der Waals surface area contributed by atoms with Crippen molar-refractivity contribution in [2.24, 2.45) is 5.73 Å². The van der Waals surface area contributed by atoms with Crippen molar-refractivity contribution >= 4 is 21.9 Å². The highest BCUT2D eigenvalue weighted by atomic mass is 32.2. The fourth-order valence-corrected chi connectivity index (χ4v) is 2.39. The van der Waals surface area contributed by atoms with E-state index in [9.17, 15) is 18.0 Å². The minimum Gasteiger partial charge on any atom is -0.480 e. The number of nitrogens with two attached hydrogens (primary N) is 1. The lowest BCUT2D eigenvalue weighted by Crippen LogP contribution is -2.44. The van der Waals surface area contributed by atoms with Gasteiger partial charge in [0.25, 0.3) is 0 Å². The summed E-state index contributed by atoms with van der Waals surface area (Å²) in [6, 6.07) is -1.49. The van der Waals surface area contributed by atoms with Crippen LogP contribution >= 0.6 is 0 Å². The molecular weight excluding hydrogens is 236 g/mol. The second kappa shape index (κ2) is 6.44. The molecule has 8 heteroatoms. The van der Waals surface area contributed by atoms with E-state index in [1.807, 2.05) is 11.6 Å². The smallest absolute Gasteiger partial charge is 0.322 e. The van der Waals surface area contributed by atoms with Gasteiger partial charge >= 0.3 is 5.97 Å². The summed E-state index contributed by atoms with van der Waals surface area (Å²) >= 11 is 0. The monoisotopic (exact) mass is 252 g/mol. The zero-order valence-electron chi connectivity index (χ0n) is 8.97. The number of primary amides is 1. The fourth-order valence-electron chi connectivity index (χ4n) is 0.991. The fraction of sp³-hybridized carbons (Fsp3) is 0.750. The zero-order valence-corrected chi connectivity index (χ0v) is 9.79. The van der Waals surface area contributed by atoms with Gasteiger partial charge in [-0.1, -0.05) is 13.3 Å². The molecule has 0 rings (SSSR count). The van der Waals surface area contributed by atoms with Gasteiger partial charge in [-0.2, -0.15) is 0 Å². The summed E-state index contributed by atoms with van der Waals surface area (Å²) in [5.74, 6) is -2.45. The standard InChI is InChI=1S/C8H16N2O5S/c1-2-3-4-16(14,15)10-6(8(12)13)5-7(9)11/h6,10H,2-5H2,1H3,(H2,9,11)(H,12,13)/t6-/m0/s1. The maximum atomic E-state index is 11.4. The van der Waals surface area contributed by atoms with Crippen molar-refractivity contribution in [1.82, 2.24) is 4.72 Å². The summed E-state index contributed by atoms with van der Waals surface area (Å²) in [6.07, 6.45) is 0.549. The average Bonchev–Trinajstić information content (AvgIpc) is 2.12. The molecule has 0 saturated heterocycles. The van der Waals surface area contributed by atoms with E-state index in [1.54, 1.807) is 0 Å². The van der Waals surface area contributed by atoms with Crippen molar-refractivity contribution in [3.8, 4) is 0 Å². The predicted molar refractivity (Wildman–Crippen MR) is 57.1 cm³/mol. The number of carboxylic acid groups (broad SMARTS) is 1. The van der Waals surface area contributed by atoms with Crippen LogP contribution in [0.4, 0.5) is 0 Å². The molecule has 1 atom stereocenters. The van der Waals surface area contributed by atoms with Crippen molar-refractivity contribution in [2.45, 2.75) is 32.2 Å². The Labute approximate surface area is 94.1 Å². The molecule has 0 aliphatic heterocycles. The van der Waals surface area contributed by atoms with Crippen LogP contribution in [0.5, 0.6) is 0 Å². The van der Waals surface area contributed by atoms with Gasteiger partial charge in [0.1, 0.15) is 6.04 Å². The molecule has 0 aliphatic rings. The number of unbranched alkanes of at least 4 members (excludes halogenated alkanes) is 1. The number of carbonyl (C=O) groups is 2. The molecule has 0 saturated carbocycles. The second-order valence-electron chi connectivity index (χ2n) is 3.35. The SMILES string of the molecule is CCCCS(=O)(=O)N[C@@H](CC(N)=O)C(=O)O. The van der Waals surface area contributed by atoms with Crippen LogP contribution in [-0.4, -0.2) is 37.2 Å². The summed E-state index contributed by atoms with van der Waals surface area (Å²) in [4.78, 5) is 21.2. The van der Waals surface area contributed by atoms with Crippen LogP contribution in [-0.2, 0) is 19.6 Å². The molecule has 0 aromatic heterocycles. The number of sulfonamides is 1. The average molecular weight is 252 g/mol. The minimum absolute atomic E-state index is 0.161. The first kappa shape index (κ1) is 14.8. The van der Waals surface area contributed by atoms with Crippen LogP contribution in [0.3, 0.4) is 0 Å². The molecule has 0 unspecified atom stereocenters. The lowest BCUT2D eigenvalue weighted by Gasteiger charge is -2.12. The van der Waals surface area contributed by atoms with Crippen LogP contribution in [0.15, 0.2) is 0 Å². The number of hydrogen-bond acceptors (Lipinski definition) is 4. The number of carboxylic acids is 1. The predicted octanol–water partition coefficient (Wildman–Crippen LogP) is -0.965. The third-order valence-electron chi connectivity index (χ3n) is 1.79. The van der Waals surface area contributed by atoms with E-state index in [0.29, 0.717) is 12.8 Å². The molecule has 0 heterocycles. The Morgan fingerprint density at radius 2 is 2.00 bits per heavy atom. The van der Waals surface area contributed by atoms with Crippen LogP contribution in [0.25, 0.3) is 0 Å². The van der Waals surface area contributed by atoms with E-state index in [2.05, 4.69) is 0 Å². The Morgan fingerprint density at radius 1 is 1.44 bits per heavy atom. The molecule has 0 bridgehead atoms. The molecule has 7 nitrogen and oxygen atoms in total. The van der Waals surface area contributed by atoms with Crippen molar-refractivity contribution in [3.05, 3.63) is 0 Å². The Balaban J connectivity index is 4.50. The summed E-state index contributed by atoms with van der Waals surface area (Å²) < 4.78 is 24.6. The van der Waals surface area contributed by atoms with Crippen LogP contribution in [0, 0.1) is 0 Å². The lowest BCUT2D eigenvalue weighted by atomic mass is 10.2. The maximum Gasteiger partial charge on any atom is 0.322 e. The van der Waals surface area contributed by atoms with Crippen LogP contribution < -0.4 is 10.5 Å². The molecule has 16 heavy (non-hydrogen) atoms. The Hall–Kier alpha value is -1.15. The van der Waals surface area contributed by atoms with E-state index in [-0.39, 0.29) is 5.75 Å².